The highest BCUT2D eigenvalue weighted by molar-refractivity contribution is 9.09. The van der Waals surface area contributed by atoms with Gasteiger partial charge in [-0.2, -0.15) is 9.90 Å². The Morgan fingerprint density at radius 1 is 0.611 bits per heavy atom. The molecule has 0 rings (SSSR count). The first-order valence-electron chi connectivity index (χ1n) is 7.95. The van der Waals surface area contributed by atoms with Gasteiger partial charge in [0, 0.05) is 4.83 Å². The lowest BCUT2D eigenvalue weighted by atomic mass is 10.0. The van der Waals surface area contributed by atoms with Crippen molar-refractivity contribution >= 4 is 25.8 Å². The van der Waals surface area contributed by atoms with Crippen molar-refractivity contribution < 1.29 is 0 Å². The van der Waals surface area contributed by atoms with Gasteiger partial charge in [-0.15, -0.1) is 0 Å². The van der Waals surface area contributed by atoms with Gasteiger partial charge in [0.15, 0.2) is 0 Å². The second-order valence-corrected chi connectivity index (χ2v) is 6.65. The minimum absolute atomic E-state index is 0. The van der Waals surface area contributed by atoms with Gasteiger partial charge in [0.25, 0.3) is 0 Å². The maximum atomic E-state index is 3.76. The first-order valence-corrected chi connectivity index (χ1v) is 8.86. The minimum Gasteiger partial charge on any atom is -0.153 e. The van der Waals surface area contributed by atoms with Crippen LogP contribution in [0, 0.1) is 0 Å². The Hall–Kier alpha value is 0.910. The lowest BCUT2D eigenvalue weighted by Crippen LogP contribution is -1.96. The zero-order chi connectivity index (χ0) is 12.8. The predicted molar refractivity (Wildman–Crippen MR) is 95.2 cm³/mol. The summed E-state index contributed by atoms with van der Waals surface area (Å²) >= 11 is 3.76. The van der Waals surface area contributed by atoms with E-state index in [4.69, 9.17) is 0 Å². The van der Waals surface area contributed by atoms with Crippen molar-refractivity contribution in [1.82, 2.24) is 0 Å². The van der Waals surface area contributed by atoms with Gasteiger partial charge >= 0.3 is 0 Å². The summed E-state index contributed by atoms with van der Waals surface area (Å²) < 4.78 is 0. The van der Waals surface area contributed by atoms with Crippen LogP contribution in [0.4, 0.5) is 0 Å². The number of hydrogen-bond acceptors (Lipinski definition) is 0. The number of unbranched alkanes of at least 4 members (excludes halogenated alkanes) is 9. The van der Waals surface area contributed by atoms with Gasteiger partial charge in [0.05, 0.1) is 0 Å². The molecule has 112 valence electrons. The Kier molecular flexibility index (Phi) is 21.1. The topological polar surface area (TPSA) is 0 Å². The van der Waals surface area contributed by atoms with Gasteiger partial charge < -0.3 is 0 Å². The summed E-state index contributed by atoms with van der Waals surface area (Å²) in [6.45, 7) is 4.56. The summed E-state index contributed by atoms with van der Waals surface area (Å²) in [6.07, 6.45) is 18.5. The zero-order valence-electron chi connectivity index (χ0n) is 12.9. The molecule has 0 amide bonds. The molecule has 0 aliphatic rings. The molecule has 0 fully saturated rings. The monoisotopic (exact) mass is 338 g/mol. The Morgan fingerprint density at radius 2 is 1.06 bits per heavy atom. The standard InChI is InChI=1S/C16H33Br.H3P/c1-3-5-6-7-8-9-10-11-12-13-15-16(17)14-4-2;/h16H,3-15H2,1-2H3;1H3. The lowest BCUT2D eigenvalue weighted by Gasteiger charge is -2.07. The van der Waals surface area contributed by atoms with Crippen molar-refractivity contribution in [2.75, 3.05) is 0 Å². The second-order valence-electron chi connectivity index (χ2n) is 5.36. The molecule has 0 N–H and O–H groups in total. The molecule has 0 aromatic carbocycles. The third kappa shape index (κ3) is 16.9. The summed E-state index contributed by atoms with van der Waals surface area (Å²) in [5.41, 5.74) is 0. The van der Waals surface area contributed by atoms with Crippen LogP contribution < -0.4 is 0 Å². The van der Waals surface area contributed by atoms with E-state index in [1.54, 1.807) is 0 Å². The molecular formula is C16H36BrP. The summed E-state index contributed by atoms with van der Waals surface area (Å²) in [5.74, 6) is 0. The maximum absolute atomic E-state index is 3.76. The van der Waals surface area contributed by atoms with Crippen molar-refractivity contribution in [3.05, 3.63) is 0 Å². The van der Waals surface area contributed by atoms with Gasteiger partial charge in [0.1, 0.15) is 0 Å². The van der Waals surface area contributed by atoms with Crippen LogP contribution in [0.5, 0.6) is 0 Å². The largest absolute Gasteiger partial charge is 0.153 e. The van der Waals surface area contributed by atoms with E-state index < -0.39 is 0 Å². The molecule has 0 nitrogen and oxygen atoms in total. The van der Waals surface area contributed by atoms with Crippen molar-refractivity contribution in [2.24, 2.45) is 0 Å². The van der Waals surface area contributed by atoms with Crippen LogP contribution in [0.3, 0.4) is 0 Å². The summed E-state index contributed by atoms with van der Waals surface area (Å²) in [7, 11) is 0. The average Bonchev–Trinajstić information content (AvgIpc) is 2.32. The summed E-state index contributed by atoms with van der Waals surface area (Å²) in [6, 6.07) is 0. The predicted octanol–water partition coefficient (Wildman–Crippen LogP) is 6.92. The summed E-state index contributed by atoms with van der Waals surface area (Å²) in [5, 5.41) is 0. The van der Waals surface area contributed by atoms with E-state index in [0.717, 1.165) is 4.83 Å². The smallest absolute Gasteiger partial charge is 0.0145 e. The van der Waals surface area contributed by atoms with Gasteiger partial charge in [-0.25, -0.2) is 0 Å². The normalized spacial score (nSPS) is 12.2. The molecule has 0 spiro atoms. The van der Waals surface area contributed by atoms with Crippen molar-refractivity contribution in [3.8, 4) is 0 Å². The molecule has 0 aliphatic carbocycles. The number of halogens is 1. The molecule has 0 saturated heterocycles. The van der Waals surface area contributed by atoms with Crippen molar-refractivity contribution in [1.29, 1.82) is 0 Å². The van der Waals surface area contributed by atoms with Crippen molar-refractivity contribution in [3.63, 3.8) is 0 Å². The highest BCUT2D eigenvalue weighted by Gasteiger charge is 2.01. The van der Waals surface area contributed by atoms with Gasteiger partial charge in [-0.3, -0.25) is 0 Å². The Bertz CT molecular complexity index is 139. The third-order valence-corrected chi connectivity index (χ3v) is 4.39. The highest BCUT2D eigenvalue weighted by atomic mass is 79.9. The molecule has 2 unspecified atom stereocenters. The fourth-order valence-corrected chi connectivity index (χ4v) is 3.09. The average molecular weight is 339 g/mol. The van der Waals surface area contributed by atoms with E-state index in [9.17, 15) is 0 Å². The first-order chi connectivity index (χ1) is 8.31. The zero-order valence-corrected chi connectivity index (χ0v) is 15.9. The number of alkyl halides is 1. The van der Waals surface area contributed by atoms with Crippen LogP contribution in [0.25, 0.3) is 0 Å². The molecule has 0 aromatic rings. The van der Waals surface area contributed by atoms with Crippen LogP contribution in [0.15, 0.2) is 0 Å². The molecule has 0 aliphatic heterocycles. The molecule has 0 saturated carbocycles. The molecule has 2 atom stereocenters. The first kappa shape index (κ1) is 21.2. The van der Waals surface area contributed by atoms with Gasteiger partial charge in [0.2, 0.25) is 0 Å². The van der Waals surface area contributed by atoms with Gasteiger partial charge in [-0.1, -0.05) is 100 Å². The van der Waals surface area contributed by atoms with Crippen LogP contribution in [0.1, 0.15) is 97.3 Å². The lowest BCUT2D eigenvalue weighted by molar-refractivity contribution is 0.543. The van der Waals surface area contributed by atoms with Crippen LogP contribution in [-0.4, -0.2) is 4.83 Å². The van der Waals surface area contributed by atoms with E-state index >= 15 is 0 Å². The third-order valence-electron chi connectivity index (χ3n) is 3.47. The fourth-order valence-electron chi connectivity index (χ4n) is 2.31. The SMILES string of the molecule is CCCCCCCCCCCCC(Br)CCC.P. The molecule has 0 aromatic heterocycles. The highest BCUT2D eigenvalue weighted by Crippen LogP contribution is 2.17. The van der Waals surface area contributed by atoms with Gasteiger partial charge in [-0.05, 0) is 12.8 Å². The van der Waals surface area contributed by atoms with Crippen LogP contribution in [-0.2, 0) is 0 Å². The maximum Gasteiger partial charge on any atom is 0.0145 e. The second kappa shape index (κ2) is 17.9. The molecule has 0 heterocycles. The molecule has 18 heavy (non-hydrogen) atoms. The van der Waals surface area contributed by atoms with E-state index in [0.29, 0.717) is 0 Å². The fraction of sp³-hybridized carbons (Fsp3) is 1.00. The molecular weight excluding hydrogens is 303 g/mol. The molecule has 2 heteroatoms. The van der Waals surface area contributed by atoms with Crippen LogP contribution in [0.2, 0.25) is 0 Å². The van der Waals surface area contributed by atoms with E-state index in [1.807, 2.05) is 0 Å². The molecule has 0 bridgehead atoms. The number of rotatable bonds is 13. The number of hydrogen-bond donors (Lipinski definition) is 0. The van der Waals surface area contributed by atoms with Crippen LogP contribution >= 0.6 is 25.8 Å². The van der Waals surface area contributed by atoms with E-state index in [2.05, 4.69) is 29.8 Å². The summed E-state index contributed by atoms with van der Waals surface area (Å²) in [4.78, 5) is 0.779. The van der Waals surface area contributed by atoms with E-state index in [-0.39, 0.29) is 9.90 Å². The molecule has 0 radical (unpaired) electrons. The quantitative estimate of drug-likeness (QED) is 0.194. The Labute approximate surface area is 128 Å². The van der Waals surface area contributed by atoms with Crippen molar-refractivity contribution in [2.45, 2.75) is 102 Å². The Morgan fingerprint density at radius 3 is 1.50 bits per heavy atom. The van der Waals surface area contributed by atoms with E-state index in [1.165, 1.54) is 83.5 Å². The Balaban J connectivity index is 0. The minimum atomic E-state index is 0.